The average Bonchev–Trinajstić information content (AvgIpc) is 2.83. The summed E-state index contributed by atoms with van der Waals surface area (Å²) >= 11 is 1.71. The Balaban J connectivity index is 0.00000400. The number of aliphatic imine (C=N–C) groups is 1. The van der Waals surface area contributed by atoms with E-state index in [9.17, 15) is 0 Å². The second kappa shape index (κ2) is 11.2. The van der Waals surface area contributed by atoms with E-state index in [-0.39, 0.29) is 24.0 Å². The molecule has 1 unspecified atom stereocenters. The van der Waals surface area contributed by atoms with Gasteiger partial charge in [-0.05, 0) is 25.7 Å². The lowest BCUT2D eigenvalue weighted by Crippen LogP contribution is -2.38. The van der Waals surface area contributed by atoms with Gasteiger partial charge in [0.2, 0.25) is 0 Å². The molecule has 0 saturated heterocycles. The maximum absolute atomic E-state index is 5.91. The van der Waals surface area contributed by atoms with Crippen molar-refractivity contribution >= 4 is 41.3 Å². The molecule has 0 aliphatic carbocycles. The molecule has 1 atom stereocenters. The number of guanidine groups is 1. The van der Waals surface area contributed by atoms with Gasteiger partial charge in [-0.25, -0.2) is 9.98 Å². The van der Waals surface area contributed by atoms with Crippen molar-refractivity contribution in [2.75, 3.05) is 0 Å². The topological polar surface area (TPSA) is 63.3 Å². The van der Waals surface area contributed by atoms with E-state index in [1.165, 1.54) is 17.7 Å². The third kappa shape index (κ3) is 9.29. The van der Waals surface area contributed by atoms with Gasteiger partial charge in [-0.2, -0.15) is 0 Å². The van der Waals surface area contributed by atoms with E-state index in [1.54, 1.807) is 11.3 Å². The maximum Gasteiger partial charge on any atom is 0.189 e. The van der Waals surface area contributed by atoms with E-state index >= 15 is 0 Å². The van der Waals surface area contributed by atoms with Crippen LogP contribution in [-0.2, 0) is 13.0 Å². The van der Waals surface area contributed by atoms with E-state index in [0.29, 0.717) is 18.5 Å². The summed E-state index contributed by atoms with van der Waals surface area (Å²) in [5, 5.41) is 4.28. The van der Waals surface area contributed by atoms with Crippen molar-refractivity contribution in [3.05, 3.63) is 16.1 Å². The van der Waals surface area contributed by atoms with Gasteiger partial charge in [-0.15, -0.1) is 35.3 Å². The first-order valence-corrected chi connectivity index (χ1v) is 8.33. The van der Waals surface area contributed by atoms with Gasteiger partial charge in [0.05, 0.1) is 6.54 Å². The predicted molar refractivity (Wildman–Crippen MR) is 104 cm³/mol. The predicted octanol–water partition coefficient (Wildman–Crippen LogP) is 3.94. The van der Waals surface area contributed by atoms with Crippen LogP contribution in [0.3, 0.4) is 0 Å². The van der Waals surface area contributed by atoms with Crippen LogP contribution in [0.15, 0.2) is 11.2 Å². The Morgan fingerprint density at radius 3 is 2.67 bits per heavy atom. The molecule has 1 rings (SSSR count). The van der Waals surface area contributed by atoms with Crippen LogP contribution in [0.25, 0.3) is 0 Å². The van der Waals surface area contributed by atoms with Gasteiger partial charge in [0.15, 0.2) is 5.96 Å². The summed E-state index contributed by atoms with van der Waals surface area (Å²) in [5.41, 5.74) is 5.91. The maximum atomic E-state index is 5.91. The van der Waals surface area contributed by atoms with Crippen molar-refractivity contribution in [1.82, 2.24) is 10.3 Å². The molecule has 1 aromatic rings. The summed E-state index contributed by atoms with van der Waals surface area (Å²) in [6.07, 6.45) is 6.58. The Bertz CT molecular complexity index is 418. The molecular weight excluding hydrogens is 395 g/mol. The molecule has 3 N–H and O–H groups in total. The minimum atomic E-state index is 0. The zero-order chi connectivity index (χ0) is 15.0. The van der Waals surface area contributed by atoms with Crippen molar-refractivity contribution in [3.8, 4) is 0 Å². The van der Waals surface area contributed by atoms with Crippen LogP contribution < -0.4 is 11.1 Å². The summed E-state index contributed by atoms with van der Waals surface area (Å²) in [5.74, 6) is 1.29. The van der Waals surface area contributed by atoms with Gasteiger partial charge in [0.25, 0.3) is 0 Å². The van der Waals surface area contributed by atoms with E-state index in [2.05, 4.69) is 43.0 Å². The fraction of sp³-hybridized carbons (Fsp3) is 0.733. The number of hydrogen-bond donors (Lipinski definition) is 2. The normalized spacial score (nSPS) is 13.1. The van der Waals surface area contributed by atoms with Crippen LogP contribution >= 0.6 is 35.3 Å². The minimum absolute atomic E-state index is 0. The number of aryl methyl sites for hydroxylation is 1. The standard InChI is InChI=1S/C15H28N4S.HI/c1-5-13-9-17-14(20-13)10-18-15(16)19-12(4)8-6-7-11(2)3;/h9,11-12H,5-8,10H2,1-4H3,(H3,16,18,19);1H. The van der Waals surface area contributed by atoms with Gasteiger partial charge < -0.3 is 11.1 Å². The highest BCUT2D eigenvalue weighted by Crippen LogP contribution is 2.14. The molecule has 0 fully saturated rings. The van der Waals surface area contributed by atoms with Gasteiger partial charge in [0.1, 0.15) is 5.01 Å². The monoisotopic (exact) mass is 424 g/mol. The quantitative estimate of drug-likeness (QED) is 0.378. The van der Waals surface area contributed by atoms with E-state index < -0.39 is 0 Å². The number of aromatic nitrogens is 1. The Kier molecular flexibility index (Phi) is 11.0. The third-order valence-corrected chi connectivity index (χ3v) is 4.27. The highest BCUT2D eigenvalue weighted by atomic mass is 127. The molecule has 0 aromatic carbocycles. The lowest BCUT2D eigenvalue weighted by molar-refractivity contribution is 0.493. The number of halogens is 1. The second-order valence-electron chi connectivity index (χ2n) is 5.65. The smallest absolute Gasteiger partial charge is 0.189 e. The van der Waals surface area contributed by atoms with Crippen LogP contribution in [0.1, 0.15) is 56.8 Å². The third-order valence-electron chi connectivity index (χ3n) is 3.15. The Morgan fingerprint density at radius 2 is 2.10 bits per heavy atom. The summed E-state index contributed by atoms with van der Waals surface area (Å²) in [6, 6.07) is 0.375. The van der Waals surface area contributed by atoms with Crippen LogP contribution in [0, 0.1) is 5.92 Å². The molecule has 0 radical (unpaired) electrons. The van der Waals surface area contributed by atoms with Gasteiger partial charge in [-0.3, -0.25) is 0 Å². The number of nitrogens with zero attached hydrogens (tertiary/aromatic N) is 2. The first-order chi connectivity index (χ1) is 9.51. The molecule has 0 aliphatic rings. The van der Waals surface area contributed by atoms with Gasteiger partial charge in [0, 0.05) is 17.1 Å². The summed E-state index contributed by atoms with van der Waals surface area (Å²) in [7, 11) is 0. The van der Waals surface area contributed by atoms with Crippen LogP contribution in [0.2, 0.25) is 0 Å². The van der Waals surface area contributed by atoms with Crippen molar-refractivity contribution in [3.63, 3.8) is 0 Å². The molecule has 1 heterocycles. The number of rotatable bonds is 8. The molecule has 122 valence electrons. The van der Waals surface area contributed by atoms with Gasteiger partial charge in [-0.1, -0.05) is 33.6 Å². The SMILES string of the molecule is CCc1cnc(CN=C(N)NC(C)CCCC(C)C)s1.I. The summed E-state index contributed by atoms with van der Waals surface area (Å²) in [6.45, 7) is 9.37. The van der Waals surface area contributed by atoms with E-state index in [4.69, 9.17) is 5.73 Å². The first-order valence-electron chi connectivity index (χ1n) is 7.51. The van der Waals surface area contributed by atoms with E-state index in [0.717, 1.165) is 23.8 Å². The van der Waals surface area contributed by atoms with Crippen LogP contribution in [0.4, 0.5) is 0 Å². The molecule has 0 spiro atoms. The fourth-order valence-corrected chi connectivity index (χ4v) is 2.73. The van der Waals surface area contributed by atoms with Crippen LogP contribution in [0.5, 0.6) is 0 Å². The molecule has 0 aliphatic heterocycles. The Morgan fingerprint density at radius 1 is 1.38 bits per heavy atom. The first kappa shape index (κ1) is 20.6. The fourth-order valence-electron chi connectivity index (χ4n) is 1.94. The lowest BCUT2D eigenvalue weighted by Gasteiger charge is -2.14. The molecule has 6 heteroatoms. The summed E-state index contributed by atoms with van der Waals surface area (Å²) < 4.78 is 0. The molecule has 0 saturated carbocycles. The lowest BCUT2D eigenvalue weighted by atomic mass is 10.0. The van der Waals surface area contributed by atoms with Crippen molar-refractivity contribution < 1.29 is 0 Å². The summed E-state index contributed by atoms with van der Waals surface area (Å²) in [4.78, 5) is 9.99. The Hall–Kier alpha value is -0.370. The largest absolute Gasteiger partial charge is 0.370 e. The molecule has 21 heavy (non-hydrogen) atoms. The zero-order valence-corrected chi connectivity index (χ0v) is 16.7. The number of nitrogens with one attached hydrogen (secondary N) is 1. The zero-order valence-electron chi connectivity index (χ0n) is 13.6. The van der Waals surface area contributed by atoms with Gasteiger partial charge >= 0.3 is 0 Å². The minimum Gasteiger partial charge on any atom is -0.370 e. The molecule has 0 bridgehead atoms. The molecular formula is C15H29IN4S. The average molecular weight is 424 g/mol. The second-order valence-corrected chi connectivity index (χ2v) is 6.85. The number of nitrogens with two attached hydrogens (primary N) is 1. The van der Waals surface area contributed by atoms with Crippen molar-refractivity contribution in [2.24, 2.45) is 16.6 Å². The van der Waals surface area contributed by atoms with E-state index in [1.807, 2.05) is 6.20 Å². The van der Waals surface area contributed by atoms with Crippen LogP contribution in [-0.4, -0.2) is 17.0 Å². The highest BCUT2D eigenvalue weighted by molar-refractivity contribution is 14.0. The van der Waals surface area contributed by atoms with Crippen molar-refractivity contribution in [1.29, 1.82) is 0 Å². The Labute approximate surface area is 150 Å². The molecule has 1 aromatic heterocycles. The number of hydrogen-bond acceptors (Lipinski definition) is 3. The van der Waals surface area contributed by atoms with Crippen molar-refractivity contribution in [2.45, 2.75) is 66.0 Å². The molecule has 0 amide bonds. The highest BCUT2D eigenvalue weighted by Gasteiger charge is 2.04. The number of thiazole rings is 1. The molecule has 4 nitrogen and oxygen atoms in total.